The molecule has 2 aromatic carbocycles. The molecule has 14 nitrogen and oxygen atoms in total. The van der Waals surface area contributed by atoms with E-state index in [1.807, 2.05) is 36.4 Å². The van der Waals surface area contributed by atoms with Crippen LogP contribution in [0, 0.1) is 0 Å². The largest absolute Gasteiger partial charge is 0.493 e. The van der Waals surface area contributed by atoms with Crippen molar-refractivity contribution in [3.8, 4) is 23.0 Å². The Hall–Kier alpha value is -4.56. The number of amides is 2. The lowest BCUT2D eigenvalue weighted by Gasteiger charge is -2.12. The lowest BCUT2D eigenvalue weighted by molar-refractivity contribution is -0.147. The van der Waals surface area contributed by atoms with Crippen molar-refractivity contribution in [3.63, 3.8) is 0 Å². The second-order valence-corrected chi connectivity index (χ2v) is 9.82. The van der Waals surface area contributed by atoms with Crippen LogP contribution in [0.5, 0.6) is 23.0 Å². The Labute approximate surface area is 282 Å². The van der Waals surface area contributed by atoms with Gasteiger partial charge in [-0.2, -0.15) is 0 Å². The van der Waals surface area contributed by atoms with Crippen LogP contribution in [-0.2, 0) is 51.0 Å². The topological polar surface area (TPSA) is 166 Å². The molecule has 0 radical (unpaired) electrons. The number of methoxy groups -OCH3 is 4. The minimum absolute atomic E-state index is 0.262. The molecule has 0 aliphatic heterocycles. The van der Waals surface area contributed by atoms with Gasteiger partial charge in [-0.1, -0.05) is 12.1 Å². The van der Waals surface area contributed by atoms with Gasteiger partial charge in [0.05, 0.1) is 40.6 Å². The number of carbonyl (C=O) groups is 4. The smallest absolute Gasteiger partial charge is 0.315 e. The van der Waals surface area contributed by atoms with Crippen LogP contribution in [0.15, 0.2) is 36.4 Å². The number of carbonyl (C=O) groups excluding carboxylic acids is 4. The zero-order valence-electron chi connectivity index (χ0n) is 28.8. The number of hydrogen-bond donors (Lipinski definition) is 2. The summed E-state index contributed by atoms with van der Waals surface area (Å²) in [5, 5.41) is 5.38. The third-order valence-corrected chi connectivity index (χ3v) is 6.24. The predicted molar refractivity (Wildman–Crippen MR) is 177 cm³/mol. The van der Waals surface area contributed by atoms with Gasteiger partial charge in [-0.05, 0) is 62.1 Å². The van der Waals surface area contributed by atoms with Crippen molar-refractivity contribution in [2.24, 2.45) is 0 Å². The molecule has 0 aliphatic rings. The van der Waals surface area contributed by atoms with E-state index in [1.165, 1.54) is 0 Å². The quantitative estimate of drug-likeness (QED) is 0.106. The summed E-state index contributed by atoms with van der Waals surface area (Å²) in [7, 11) is 6.37. The van der Waals surface area contributed by atoms with E-state index in [2.05, 4.69) is 10.6 Å². The van der Waals surface area contributed by atoms with Crippen LogP contribution in [0.2, 0.25) is 0 Å². The summed E-state index contributed by atoms with van der Waals surface area (Å²) in [6, 6.07) is 11.2. The number of ether oxygens (including phenoxy) is 8. The lowest BCUT2D eigenvalue weighted by atomic mass is 10.1. The summed E-state index contributed by atoms with van der Waals surface area (Å²) >= 11 is 0. The average Bonchev–Trinajstić information content (AvgIpc) is 3.05. The molecule has 0 heterocycles. The van der Waals surface area contributed by atoms with Gasteiger partial charge in [-0.3, -0.25) is 19.2 Å². The van der Waals surface area contributed by atoms with E-state index in [0.29, 0.717) is 75.4 Å². The molecule has 0 saturated heterocycles. The molecule has 0 saturated carbocycles. The molecule has 0 fully saturated rings. The van der Waals surface area contributed by atoms with E-state index in [0.717, 1.165) is 11.1 Å². The van der Waals surface area contributed by atoms with Crippen LogP contribution in [0.4, 0.5) is 0 Å². The fraction of sp³-hybridized carbons (Fsp3) is 0.529. The first-order chi connectivity index (χ1) is 23.2. The molecule has 0 aromatic heterocycles. The molecular weight excluding hydrogens is 628 g/mol. The Morgan fingerprint density at radius 3 is 1.29 bits per heavy atom. The molecule has 0 unspecified atom stereocenters. The van der Waals surface area contributed by atoms with E-state index < -0.39 is 11.9 Å². The fourth-order valence-electron chi connectivity index (χ4n) is 3.95. The van der Waals surface area contributed by atoms with Crippen LogP contribution in [-0.4, -0.2) is 105 Å². The minimum atomic E-state index is -0.520. The van der Waals surface area contributed by atoms with Gasteiger partial charge in [0.25, 0.3) is 0 Å². The summed E-state index contributed by atoms with van der Waals surface area (Å²) in [6.45, 7) is 6.59. The highest BCUT2D eigenvalue weighted by Gasteiger charge is 2.12. The molecule has 0 atom stereocenters. The normalized spacial score (nSPS) is 10.1. The summed E-state index contributed by atoms with van der Waals surface area (Å²) in [4.78, 5) is 45.6. The van der Waals surface area contributed by atoms with Gasteiger partial charge in [-0.25, -0.2) is 0 Å². The fourth-order valence-corrected chi connectivity index (χ4v) is 3.95. The SMILES string of the molecule is CCOC(=O)CC(=O)NCCc1ccc(OC)c(OCCOC)c1.CCOC(=O)CC(=O)NCCc1ccc(OC)c(OCCOC)c1. The van der Waals surface area contributed by atoms with Crippen LogP contribution in [0.25, 0.3) is 0 Å². The van der Waals surface area contributed by atoms with E-state index in [4.69, 9.17) is 37.9 Å². The number of benzene rings is 2. The van der Waals surface area contributed by atoms with E-state index in [1.54, 1.807) is 42.3 Å². The first-order valence-corrected chi connectivity index (χ1v) is 15.6. The van der Waals surface area contributed by atoms with Gasteiger partial charge < -0.3 is 48.5 Å². The van der Waals surface area contributed by atoms with Crippen LogP contribution < -0.4 is 29.6 Å². The maximum absolute atomic E-state index is 11.6. The van der Waals surface area contributed by atoms with E-state index >= 15 is 0 Å². The summed E-state index contributed by atoms with van der Waals surface area (Å²) < 4.78 is 41.1. The molecule has 2 aromatic rings. The van der Waals surface area contributed by atoms with Crippen LogP contribution in [0.3, 0.4) is 0 Å². The van der Waals surface area contributed by atoms with Gasteiger partial charge in [0.1, 0.15) is 26.1 Å². The molecule has 2 amide bonds. The van der Waals surface area contributed by atoms with Crippen molar-refractivity contribution in [3.05, 3.63) is 47.5 Å². The van der Waals surface area contributed by atoms with Crippen molar-refractivity contribution in [2.75, 3.05) is 81.2 Å². The zero-order valence-corrected chi connectivity index (χ0v) is 28.8. The maximum atomic E-state index is 11.6. The van der Waals surface area contributed by atoms with Crippen LogP contribution >= 0.6 is 0 Å². The molecule has 0 aliphatic carbocycles. The second kappa shape index (κ2) is 25.5. The number of esters is 2. The monoisotopic (exact) mass is 678 g/mol. The Kier molecular flexibility index (Phi) is 22.0. The number of hydrogen-bond acceptors (Lipinski definition) is 12. The lowest BCUT2D eigenvalue weighted by Crippen LogP contribution is -2.28. The molecule has 2 N–H and O–H groups in total. The van der Waals surface area contributed by atoms with Gasteiger partial charge in [-0.15, -0.1) is 0 Å². The molecule has 48 heavy (non-hydrogen) atoms. The molecular formula is C34H50N2O12. The zero-order chi connectivity index (χ0) is 35.6. The van der Waals surface area contributed by atoms with Crippen molar-refractivity contribution in [2.45, 2.75) is 39.5 Å². The minimum Gasteiger partial charge on any atom is -0.493 e. The standard InChI is InChI=1S/2C17H25NO6/c2*1-4-23-17(20)12-16(19)18-8-7-13-5-6-14(22-3)15(11-13)24-10-9-21-2/h2*5-6,11H,4,7-10,12H2,1-3H3,(H,18,19). The summed E-state index contributed by atoms with van der Waals surface area (Å²) in [5.41, 5.74) is 1.97. The maximum Gasteiger partial charge on any atom is 0.315 e. The van der Waals surface area contributed by atoms with Gasteiger partial charge >= 0.3 is 11.9 Å². The highest BCUT2D eigenvalue weighted by molar-refractivity contribution is 5.94. The predicted octanol–water partition coefficient (Wildman–Crippen LogP) is 2.66. The van der Waals surface area contributed by atoms with Crippen molar-refractivity contribution in [1.29, 1.82) is 0 Å². The van der Waals surface area contributed by atoms with Crippen molar-refractivity contribution >= 4 is 23.8 Å². The molecule has 0 spiro atoms. The van der Waals surface area contributed by atoms with Crippen LogP contribution in [0.1, 0.15) is 37.8 Å². The molecule has 0 bridgehead atoms. The average molecular weight is 679 g/mol. The van der Waals surface area contributed by atoms with Gasteiger partial charge in [0.15, 0.2) is 23.0 Å². The number of nitrogens with one attached hydrogen (secondary N) is 2. The first-order valence-electron chi connectivity index (χ1n) is 15.6. The van der Waals surface area contributed by atoms with Crippen molar-refractivity contribution < 1.29 is 57.1 Å². The highest BCUT2D eigenvalue weighted by atomic mass is 16.5. The van der Waals surface area contributed by atoms with Gasteiger partial charge in [0.2, 0.25) is 11.8 Å². The molecule has 268 valence electrons. The van der Waals surface area contributed by atoms with E-state index in [9.17, 15) is 19.2 Å². The Bertz CT molecular complexity index is 1160. The molecule has 2 rings (SSSR count). The summed E-state index contributed by atoms with van der Waals surface area (Å²) in [6.07, 6.45) is 0.696. The molecule has 14 heteroatoms. The third kappa shape index (κ3) is 18.0. The highest BCUT2D eigenvalue weighted by Crippen LogP contribution is 2.29. The first kappa shape index (κ1) is 41.5. The third-order valence-electron chi connectivity index (χ3n) is 6.24. The summed E-state index contributed by atoms with van der Waals surface area (Å²) in [5.74, 6) is 0.802. The second-order valence-electron chi connectivity index (χ2n) is 9.82. The Morgan fingerprint density at radius 1 is 0.562 bits per heavy atom. The van der Waals surface area contributed by atoms with Crippen molar-refractivity contribution in [1.82, 2.24) is 10.6 Å². The number of rotatable bonds is 22. The van der Waals surface area contributed by atoms with E-state index in [-0.39, 0.29) is 37.9 Å². The Morgan fingerprint density at radius 2 is 0.958 bits per heavy atom. The Balaban J connectivity index is 0.000000480. The van der Waals surface area contributed by atoms with Gasteiger partial charge in [0, 0.05) is 27.3 Å².